The molecule has 1 amide bonds. The Morgan fingerprint density at radius 1 is 1.33 bits per heavy atom. The first kappa shape index (κ1) is 18.0. The summed E-state index contributed by atoms with van der Waals surface area (Å²) >= 11 is 0. The van der Waals surface area contributed by atoms with Gasteiger partial charge in [0.1, 0.15) is 0 Å². The van der Waals surface area contributed by atoms with Gasteiger partial charge in [-0.1, -0.05) is 20.3 Å². The van der Waals surface area contributed by atoms with Gasteiger partial charge in [-0.3, -0.25) is 9.59 Å². The largest absolute Gasteiger partial charge is 0.481 e. The van der Waals surface area contributed by atoms with Crippen LogP contribution in [0.3, 0.4) is 0 Å². The van der Waals surface area contributed by atoms with Gasteiger partial charge in [0.2, 0.25) is 5.91 Å². The summed E-state index contributed by atoms with van der Waals surface area (Å²) in [7, 11) is 0. The molecule has 0 aromatic rings. The molecular formula is C16H30N2O3. The van der Waals surface area contributed by atoms with E-state index in [1.807, 2.05) is 20.8 Å². The lowest BCUT2D eigenvalue weighted by Crippen LogP contribution is -2.50. The van der Waals surface area contributed by atoms with E-state index in [9.17, 15) is 14.7 Å². The minimum atomic E-state index is -0.771. The van der Waals surface area contributed by atoms with Crippen molar-refractivity contribution in [1.82, 2.24) is 4.90 Å². The Hall–Kier alpha value is -1.10. The molecule has 3 N–H and O–H groups in total. The quantitative estimate of drug-likeness (QED) is 0.755. The van der Waals surface area contributed by atoms with Crippen LogP contribution in [-0.2, 0) is 9.59 Å². The SMILES string of the molecule is CCC1(C(=O)O)CCCN(C(=O)C(C)CCCC(C)N)C1. The predicted octanol–water partition coefficient (Wildman–Crippen LogP) is 2.24. The Balaban J connectivity index is 2.59. The first-order valence-electron chi connectivity index (χ1n) is 8.10. The molecule has 21 heavy (non-hydrogen) atoms. The van der Waals surface area contributed by atoms with Gasteiger partial charge in [-0.2, -0.15) is 0 Å². The molecule has 0 bridgehead atoms. The van der Waals surface area contributed by atoms with E-state index in [4.69, 9.17) is 5.73 Å². The van der Waals surface area contributed by atoms with Crippen LogP contribution in [-0.4, -0.2) is 41.0 Å². The maximum atomic E-state index is 12.5. The average Bonchev–Trinajstić information content (AvgIpc) is 2.45. The fourth-order valence-electron chi connectivity index (χ4n) is 3.12. The number of aliphatic carboxylic acids is 1. The molecule has 1 heterocycles. The van der Waals surface area contributed by atoms with E-state index in [0.29, 0.717) is 25.9 Å². The minimum absolute atomic E-state index is 0.0507. The number of hydrogen-bond acceptors (Lipinski definition) is 3. The summed E-state index contributed by atoms with van der Waals surface area (Å²) in [5, 5.41) is 9.48. The van der Waals surface area contributed by atoms with Gasteiger partial charge in [-0.25, -0.2) is 0 Å². The Kier molecular flexibility index (Phi) is 6.65. The number of likely N-dealkylation sites (tertiary alicyclic amines) is 1. The van der Waals surface area contributed by atoms with E-state index in [2.05, 4.69) is 0 Å². The fourth-order valence-corrected chi connectivity index (χ4v) is 3.12. The molecule has 1 aliphatic heterocycles. The predicted molar refractivity (Wildman–Crippen MR) is 82.8 cm³/mol. The number of nitrogens with zero attached hydrogens (tertiary/aromatic N) is 1. The number of hydrogen-bond donors (Lipinski definition) is 2. The Labute approximate surface area is 127 Å². The maximum Gasteiger partial charge on any atom is 0.311 e. The highest BCUT2D eigenvalue weighted by Gasteiger charge is 2.42. The van der Waals surface area contributed by atoms with Crippen molar-refractivity contribution in [3.63, 3.8) is 0 Å². The first-order valence-corrected chi connectivity index (χ1v) is 8.10. The van der Waals surface area contributed by atoms with Crippen LogP contribution in [0.5, 0.6) is 0 Å². The molecule has 3 unspecified atom stereocenters. The van der Waals surface area contributed by atoms with Crippen LogP contribution >= 0.6 is 0 Å². The number of nitrogens with two attached hydrogens (primary N) is 1. The summed E-state index contributed by atoms with van der Waals surface area (Å²) in [4.78, 5) is 25.8. The standard InChI is InChI=1S/C16H30N2O3/c1-4-16(15(20)21)9-6-10-18(11-16)14(19)12(2)7-5-8-13(3)17/h12-13H,4-11,17H2,1-3H3,(H,20,21). The molecule has 0 aromatic carbocycles. The molecule has 1 fully saturated rings. The molecular weight excluding hydrogens is 268 g/mol. The van der Waals surface area contributed by atoms with Gasteiger partial charge in [-0.15, -0.1) is 0 Å². The zero-order valence-corrected chi connectivity index (χ0v) is 13.6. The molecule has 1 aliphatic rings. The molecule has 0 saturated carbocycles. The summed E-state index contributed by atoms with van der Waals surface area (Å²) in [6.45, 7) is 6.85. The van der Waals surface area contributed by atoms with Crippen LogP contribution in [0.1, 0.15) is 59.3 Å². The Bertz CT molecular complexity index is 371. The summed E-state index contributed by atoms with van der Waals surface area (Å²) < 4.78 is 0. The summed E-state index contributed by atoms with van der Waals surface area (Å²) in [5.41, 5.74) is 4.97. The monoisotopic (exact) mass is 298 g/mol. The highest BCUT2D eigenvalue weighted by Crippen LogP contribution is 2.34. The number of carboxylic acids is 1. The second kappa shape index (κ2) is 7.78. The van der Waals surface area contributed by atoms with Gasteiger partial charge in [0.15, 0.2) is 0 Å². The van der Waals surface area contributed by atoms with Crippen molar-refractivity contribution in [3.05, 3.63) is 0 Å². The summed E-state index contributed by atoms with van der Waals surface area (Å²) in [6, 6.07) is 0.169. The van der Waals surface area contributed by atoms with Gasteiger partial charge in [-0.05, 0) is 39.0 Å². The van der Waals surface area contributed by atoms with Crippen LogP contribution in [0.25, 0.3) is 0 Å². The fraction of sp³-hybridized carbons (Fsp3) is 0.875. The molecule has 0 aromatic heterocycles. The maximum absolute atomic E-state index is 12.5. The lowest BCUT2D eigenvalue weighted by molar-refractivity contribution is -0.156. The van der Waals surface area contributed by atoms with E-state index in [-0.39, 0.29) is 17.9 Å². The molecule has 3 atom stereocenters. The molecule has 0 radical (unpaired) electrons. The van der Waals surface area contributed by atoms with Crippen LogP contribution in [0.15, 0.2) is 0 Å². The smallest absolute Gasteiger partial charge is 0.311 e. The molecule has 5 heteroatoms. The Morgan fingerprint density at radius 2 is 2.00 bits per heavy atom. The third-order valence-electron chi connectivity index (χ3n) is 4.74. The molecule has 1 rings (SSSR count). The number of rotatable bonds is 7. The van der Waals surface area contributed by atoms with E-state index >= 15 is 0 Å². The van der Waals surface area contributed by atoms with E-state index in [0.717, 1.165) is 25.7 Å². The molecule has 0 aliphatic carbocycles. The van der Waals surface area contributed by atoms with Crippen molar-refractivity contribution in [3.8, 4) is 0 Å². The number of carbonyl (C=O) groups is 2. The van der Waals surface area contributed by atoms with Gasteiger partial charge >= 0.3 is 5.97 Å². The normalized spacial score (nSPS) is 25.4. The van der Waals surface area contributed by atoms with Gasteiger partial charge in [0.25, 0.3) is 0 Å². The topological polar surface area (TPSA) is 83.6 Å². The first-order chi connectivity index (χ1) is 9.82. The highest BCUT2D eigenvalue weighted by atomic mass is 16.4. The van der Waals surface area contributed by atoms with E-state index in [1.165, 1.54) is 0 Å². The van der Waals surface area contributed by atoms with Crippen molar-refractivity contribution < 1.29 is 14.7 Å². The number of amides is 1. The van der Waals surface area contributed by atoms with Crippen LogP contribution in [0.2, 0.25) is 0 Å². The minimum Gasteiger partial charge on any atom is -0.481 e. The average molecular weight is 298 g/mol. The van der Waals surface area contributed by atoms with Crippen molar-refractivity contribution in [2.75, 3.05) is 13.1 Å². The third kappa shape index (κ3) is 4.70. The van der Waals surface area contributed by atoms with Gasteiger partial charge < -0.3 is 15.7 Å². The van der Waals surface area contributed by atoms with E-state index in [1.54, 1.807) is 4.90 Å². The van der Waals surface area contributed by atoms with Crippen molar-refractivity contribution >= 4 is 11.9 Å². The number of piperidine rings is 1. The summed E-state index contributed by atoms with van der Waals surface area (Å²) in [5.74, 6) is -0.726. The van der Waals surface area contributed by atoms with E-state index < -0.39 is 11.4 Å². The highest BCUT2D eigenvalue weighted by molar-refractivity contribution is 5.81. The number of carboxylic acid groups (broad SMARTS) is 1. The second-order valence-electron chi connectivity index (χ2n) is 6.61. The van der Waals surface area contributed by atoms with Crippen molar-refractivity contribution in [1.29, 1.82) is 0 Å². The molecule has 1 saturated heterocycles. The van der Waals surface area contributed by atoms with Gasteiger partial charge in [0.05, 0.1) is 5.41 Å². The van der Waals surface area contributed by atoms with Crippen LogP contribution in [0.4, 0.5) is 0 Å². The molecule has 122 valence electrons. The third-order valence-corrected chi connectivity index (χ3v) is 4.74. The van der Waals surface area contributed by atoms with Crippen LogP contribution < -0.4 is 5.73 Å². The van der Waals surface area contributed by atoms with Crippen LogP contribution in [0, 0.1) is 11.3 Å². The zero-order chi connectivity index (χ0) is 16.0. The van der Waals surface area contributed by atoms with Gasteiger partial charge in [0, 0.05) is 25.0 Å². The number of carbonyl (C=O) groups excluding carboxylic acids is 1. The summed E-state index contributed by atoms with van der Waals surface area (Å²) in [6.07, 6.45) is 4.70. The second-order valence-corrected chi connectivity index (χ2v) is 6.61. The lowest BCUT2D eigenvalue weighted by atomic mass is 9.77. The molecule has 5 nitrogen and oxygen atoms in total. The van der Waals surface area contributed by atoms with Crippen molar-refractivity contribution in [2.24, 2.45) is 17.1 Å². The Morgan fingerprint density at radius 3 is 2.52 bits per heavy atom. The zero-order valence-electron chi connectivity index (χ0n) is 13.6. The molecule has 0 spiro atoms. The lowest BCUT2D eigenvalue weighted by Gasteiger charge is -2.40. The van der Waals surface area contributed by atoms with Crippen molar-refractivity contribution in [2.45, 2.75) is 65.3 Å².